The molecule has 1 amide bonds. The number of alkyl halides is 2. The maximum Gasteiger partial charge on any atom is 0.239 e. The molecule has 0 aliphatic rings. The topological polar surface area (TPSA) is 29.1 Å². The van der Waals surface area contributed by atoms with E-state index in [-0.39, 0.29) is 10.7 Å². The molecule has 1 aromatic rings. The molecule has 4 heteroatoms. The van der Waals surface area contributed by atoms with Gasteiger partial charge >= 0.3 is 0 Å². The molecule has 2 atom stereocenters. The van der Waals surface area contributed by atoms with Crippen LogP contribution < -0.4 is 5.32 Å². The van der Waals surface area contributed by atoms with Crippen LogP contribution in [0, 0.1) is 0 Å². The third-order valence-electron chi connectivity index (χ3n) is 1.87. The summed E-state index contributed by atoms with van der Waals surface area (Å²) in [5.74, 6) is -0.183. The van der Waals surface area contributed by atoms with Gasteiger partial charge in [-0.3, -0.25) is 4.79 Å². The van der Waals surface area contributed by atoms with Gasteiger partial charge in [-0.15, -0.1) is 11.6 Å². The first-order valence-electron chi connectivity index (χ1n) is 4.21. The van der Waals surface area contributed by atoms with Gasteiger partial charge in [0, 0.05) is 7.05 Å². The van der Waals surface area contributed by atoms with Gasteiger partial charge in [-0.1, -0.05) is 46.3 Å². The van der Waals surface area contributed by atoms with E-state index in [9.17, 15) is 4.79 Å². The highest BCUT2D eigenvalue weighted by atomic mass is 79.9. The first kappa shape index (κ1) is 11.5. The summed E-state index contributed by atoms with van der Waals surface area (Å²) >= 11 is 9.36. The fourth-order valence-corrected chi connectivity index (χ4v) is 1.88. The third-order valence-corrected chi connectivity index (χ3v) is 3.68. The highest BCUT2D eigenvalue weighted by Gasteiger charge is 2.24. The molecule has 76 valence electrons. The summed E-state index contributed by atoms with van der Waals surface area (Å²) in [6.07, 6.45) is 0. The van der Waals surface area contributed by atoms with Gasteiger partial charge in [0.05, 0.1) is 4.83 Å². The monoisotopic (exact) mass is 275 g/mol. The van der Waals surface area contributed by atoms with Crippen molar-refractivity contribution in [1.82, 2.24) is 5.32 Å². The van der Waals surface area contributed by atoms with Crippen LogP contribution in [0.3, 0.4) is 0 Å². The summed E-state index contributed by atoms with van der Waals surface area (Å²) in [6, 6.07) is 9.61. The average Bonchev–Trinajstić information content (AvgIpc) is 2.27. The molecule has 0 fully saturated rings. The van der Waals surface area contributed by atoms with Crippen molar-refractivity contribution in [2.24, 2.45) is 0 Å². The average molecular weight is 277 g/mol. The molecule has 0 bridgehead atoms. The van der Waals surface area contributed by atoms with E-state index in [2.05, 4.69) is 21.2 Å². The van der Waals surface area contributed by atoms with Crippen LogP contribution >= 0.6 is 27.5 Å². The fraction of sp³-hybridized carbons (Fsp3) is 0.300. The lowest BCUT2D eigenvalue weighted by Gasteiger charge is -2.14. The highest BCUT2D eigenvalue weighted by molar-refractivity contribution is 9.09. The summed E-state index contributed by atoms with van der Waals surface area (Å²) in [4.78, 5) is 11.1. The van der Waals surface area contributed by atoms with Gasteiger partial charge < -0.3 is 5.32 Å². The summed E-state index contributed by atoms with van der Waals surface area (Å²) in [7, 11) is 1.57. The van der Waals surface area contributed by atoms with E-state index in [1.54, 1.807) is 7.05 Å². The van der Waals surface area contributed by atoms with Gasteiger partial charge in [0.15, 0.2) is 0 Å². The van der Waals surface area contributed by atoms with Crippen molar-refractivity contribution in [2.75, 3.05) is 7.05 Å². The molecule has 0 heterocycles. The van der Waals surface area contributed by atoms with Crippen molar-refractivity contribution in [3.63, 3.8) is 0 Å². The maximum atomic E-state index is 11.3. The quantitative estimate of drug-likeness (QED) is 0.844. The number of benzene rings is 1. The van der Waals surface area contributed by atoms with Crippen molar-refractivity contribution >= 4 is 33.4 Å². The fourth-order valence-electron chi connectivity index (χ4n) is 1.08. The normalized spacial score (nSPS) is 14.5. The number of nitrogens with one attached hydrogen (secondary N) is 1. The van der Waals surface area contributed by atoms with Crippen molar-refractivity contribution in [3.05, 3.63) is 35.9 Å². The number of halogens is 2. The molecule has 0 aliphatic carbocycles. The Morgan fingerprint density at radius 3 is 2.50 bits per heavy atom. The van der Waals surface area contributed by atoms with Gasteiger partial charge in [0.2, 0.25) is 5.91 Å². The van der Waals surface area contributed by atoms with Crippen LogP contribution in [-0.2, 0) is 4.79 Å². The van der Waals surface area contributed by atoms with Gasteiger partial charge in [0.1, 0.15) is 5.38 Å². The third kappa shape index (κ3) is 2.72. The predicted octanol–water partition coefficient (Wildman–Crippen LogP) is 2.48. The number of rotatable bonds is 3. The van der Waals surface area contributed by atoms with E-state index < -0.39 is 5.38 Å². The number of hydrogen-bond donors (Lipinski definition) is 1. The van der Waals surface area contributed by atoms with Gasteiger partial charge in [-0.05, 0) is 5.56 Å². The minimum absolute atomic E-state index is 0.162. The SMILES string of the molecule is CNC(=O)[C@@H](Cl)[C@@H](Br)c1ccccc1. The van der Waals surface area contributed by atoms with Gasteiger partial charge in [0.25, 0.3) is 0 Å². The first-order valence-corrected chi connectivity index (χ1v) is 5.56. The summed E-state index contributed by atoms with van der Waals surface area (Å²) in [5.41, 5.74) is 0.996. The molecule has 1 rings (SSSR count). The Kier molecular flexibility index (Phi) is 4.42. The molecule has 0 saturated carbocycles. The highest BCUT2D eigenvalue weighted by Crippen LogP contribution is 2.29. The number of amides is 1. The minimum atomic E-state index is -0.595. The largest absolute Gasteiger partial charge is 0.358 e. The number of carbonyl (C=O) groups is 1. The maximum absolute atomic E-state index is 11.3. The van der Waals surface area contributed by atoms with Crippen molar-refractivity contribution in [2.45, 2.75) is 10.2 Å². The Bertz CT molecular complexity index is 304. The van der Waals surface area contributed by atoms with Crippen molar-refractivity contribution < 1.29 is 4.79 Å². The molecule has 0 unspecified atom stereocenters. The van der Waals surface area contributed by atoms with Gasteiger partial charge in [-0.2, -0.15) is 0 Å². The Morgan fingerprint density at radius 2 is 2.00 bits per heavy atom. The molecular formula is C10H11BrClNO. The second kappa shape index (κ2) is 5.37. The zero-order valence-electron chi connectivity index (χ0n) is 7.71. The molecule has 14 heavy (non-hydrogen) atoms. The molecule has 0 aromatic heterocycles. The first-order chi connectivity index (χ1) is 6.66. The molecule has 2 nitrogen and oxygen atoms in total. The van der Waals surface area contributed by atoms with E-state index in [4.69, 9.17) is 11.6 Å². The van der Waals surface area contributed by atoms with Crippen LogP contribution in [0.2, 0.25) is 0 Å². The van der Waals surface area contributed by atoms with Gasteiger partial charge in [-0.25, -0.2) is 0 Å². The molecule has 1 aromatic carbocycles. The van der Waals surface area contributed by atoms with Crippen LogP contribution in [0.5, 0.6) is 0 Å². The van der Waals surface area contributed by atoms with Crippen LogP contribution in [-0.4, -0.2) is 18.3 Å². The summed E-state index contributed by atoms with van der Waals surface area (Å²) in [6.45, 7) is 0. The molecule has 1 N–H and O–H groups in total. The Hall–Kier alpha value is -0.540. The van der Waals surface area contributed by atoms with E-state index in [1.165, 1.54) is 0 Å². The number of hydrogen-bond acceptors (Lipinski definition) is 1. The van der Waals surface area contributed by atoms with E-state index in [0.717, 1.165) is 5.56 Å². The van der Waals surface area contributed by atoms with E-state index in [1.807, 2.05) is 30.3 Å². The summed E-state index contributed by atoms with van der Waals surface area (Å²) in [5, 5.41) is 1.92. The summed E-state index contributed by atoms with van der Waals surface area (Å²) < 4.78 is 0. The molecule has 0 radical (unpaired) electrons. The van der Waals surface area contributed by atoms with Crippen LogP contribution in [0.4, 0.5) is 0 Å². The van der Waals surface area contributed by atoms with E-state index in [0.29, 0.717) is 0 Å². The van der Waals surface area contributed by atoms with Crippen LogP contribution in [0.15, 0.2) is 30.3 Å². The zero-order valence-corrected chi connectivity index (χ0v) is 10.0. The zero-order chi connectivity index (χ0) is 10.6. The van der Waals surface area contributed by atoms with E-state index >= 15 is 0 Å². The second-order valence-corrected chi connectivity index (χ2v) is 4.29. The van der Waals surface area contributed by atoms with Crippen molar-refractivity contribution in [1.29, 1.82) is 0 Å². The smallest absolute Gasteiger partial charge is 0.239 e. The Morgan fingerprint density at radius 1 is 1.43 bits per heavy atom. The lowest BCUT2D eigenvalue weighted by molar-refractivity contribution is -0.120. The predicted molar refractivity (Wildman–Crippen MR) is 61.8 cm³/mol. The molecule has 0 aliphatic heterocycles. The Labute approximate surface area is 96.8 Å². The molecule has 0 spiro atoms. The van der Waals surface area contributed by atoms with Crippen LogP contribution in [0.25, 0.3) is 0 Å². The lowest BCUT2D eigenvalue weighted by atomic mass is 10.1. The lowest BCUT2D eigenvalue weighted by Crippen LogP contribution is -2.30. The van der Waals surface area contributed by atoms with Crippen LogP contribution in [0.1, 0.15) is 10.4 Å². The minimum Gasteiger partial charge on any atom is -0.358 e. The second-order valence-electron chi connectivity index (χ2n) is 2.83. The Balaban J connectivity index is 2.75. The molecular weight excluding hydrogens is 265 g/mol. The standard InChI is InChI=1S/C10H11BrClNO/c1-13-10(14)9(12)8(11)7-5-3-2-4-6-7/h2-6,8-9H,1H3,(H,13,14)/t8-,9-/m0/s1. The van der Waals surface area contributed by atoms with Crippen molar-refractivity contribution in [3.8, 4) is 0 Å². The number of carbonyl (C=O) groups excluding carboxylic acids is 1. The molecule has 0 saturated heterocycles.